The van der Waals surface area contributed by atoms with E-state index in [1.807, 2.05) is 13.1 Å². The molecule has 0 N–H and O–H groups in total. The predicted molar refractivity (Wildman–Crippen MR) is 67.8 cm³/mol. The molecule has 18 heavy (non-hydrogen) atoms. The summed E-state index contributed by atoms with van der Waals surface area (Å²) in [5.41, 5.74) is 0.804. The molecule has 1 aliphatic rings. The number of hydrogen-bond donors (Lipinski definition) is 0. The van der Waals surface area contributed by atoms with Gasteiger partial charge in [-0.3, -0.25) is 9.13 Å². The monoisotopic (exact) mass is 264 g/mol. The molecule has 0 spiro atoms. The lowest BCUT2D eigenvalue weighted by Crippen LogP contribution is -2.24. The first-order valence-corrected chi connectivity index (χ1v) is 6.28. The average Bonchev–Trinajstić information content (AvgIpc) is 3.05. The van der Waals surface area contributed by atoms with Crippen LogP contribution >= 0.6 is 11.6 Å². The lowest BCUT2D eigenvalue weighted by atomic mass is 10.4. The van der Waals surface area contributed by atoms with E-state index in [1.54, 1.807) is 21.4 Å². The summed E-state index contributed by atoms with van der Waals surface area (Å²) in [7, 11) is 0. The molecule has 5 nitrogen and oxygen atoms in total. The smallest absolute Gasteiger partial charge is 0.296 e. The molecule has 0 bridgehead atoms. The molecule has 0 aromatic carbocycles. The van der Waals surface area contributed by atoms with Crippen molar-refractivity contribution in [3.05, 3.63) is 45.6 Å². The maximum Gasteiger partial charge on any atom is 0.328 e. The van der Waals surface area contributed by atoms with Crippen molar-refractivity contribution < 1.29 is 0 Å². The molecule has 1 saturated carbocycles. The second-order valence-corrected chi connectivity index (χ2v) is 4.98. The summed E-state index contributed by atoms with van der Waals surface area (Å²) in [5.74, 6) is 0.565. The molecule has 1 fully saturated rings. The van der Waals surface area contributed by atoms with Crippen LogP contribution in [0.2, 0.25) is 5.15 Å². The number of rotatable bonds is 3. The van der Waals surface area contributed by atoms with Crippen molar-refractivity contribution in [3.63, 3.8) is 0 Å². The van der Waals surface area contributed by atoms with Crippen molar-refractivity contribution in [3.8, 4) is 0 Å². The highest BCUT2D eigenvalue weighted by molar-refractivity contribution is 6.29. The van der Waals surface area contributed by atoms with E-state index in [0.29, 0.717) is 23.6 Å². The minimum absolute atomic E-state index is 0.00118. The van der Waals surface area contributed by atoms with Crippen molar-refractivity contribution in [1.29, 1.82) is 0 Å². The Labute approximate surface area is 109 Å². The Kier molecular flexibility index (Phi) is 2.70. The molecule has 0 aliphatic heterocycles. The number of halogens is 1. The van der Waals surface area contributed by atoms with E-state index < -0.39 is 0 Å². The Bertz CT molecular complexity index is 622. The summed E-state index contributed by atoms with van der Waals surface area (Å²) in [6, 6.07) is 2.09. The average molecular weight is 265 g/mol. The third-order valence-electron chi connectivity index (χ3n) is 3.00. The Morgan fingerprint density at radius 2 is 2.17 bits per heavy atom. The zero-order valence-electron chi connectivity index (χ0n) is 10.0. The zero-order chi connectivity index (χ0) is 12.7. The fraction of sp³-hybridized carbons (Fsp3) is 0.417. The highest BCUT2D eigenvalue weighted by atomic mass is 35.5. The van der Waals surface area contributed by atoms with Gasteiger partial charge in [0.1, 0.15) is 11.0 Å². The molecular weight excluding hydrogens is 252 g/mol. The quantitative estimate of drug-likeness (QED) is 0.794. The number of aryl methyl sites for hydroxylation is 1. The summed E-state index contributed by atoms with van der Waals surface area (Å²) in [6.45, 7) is 2.22. The summed E-state index contributed by atoms with van der Waals surface area (Å²) < 4.78 is 3.39. The SMILES string of the molecule is Cc1cc(Cl)nc(Cn2ccn(C3CC3)c2=O)n1. The van der Waals surface area contributed by atoms with Crippen LogP contribution in [0.25, 0.3) is 0 Å². The van der Waals surface area contributed by atoms with E-state index >= 15 is 0 Å². The fourth-order valence-electron chi connectivity index (χ4n) is 1.99. The van der Waals surface area contributed by atoms with Crippen LogP contribution in [0, 0.1) is 6.92 Å². The third-order valence-corrected chi connectivity index (χ3v) is 3.19. The molecule has 0 amide bonds. The molecule has 2 aromatic heterocycles. The van der Waals surface area contributed by atoms with Gasteiger partial charge < -0.3 is 0 Å². The molecule has 2 aromatic rings. The predicted octanol–water partition coefficient (Wildman–Crippen LogP) is 1.78. The summed E-state index contributed by atoms with van der Waals surface area (Å²) in [5, 5.41) is 0.409. The third kappa shape index (κ3) is 2.18. The van der Waals surface area contributed by atoms with Gasteiger partial charge in [-0.15, -0.1) is 0 Å². The van der Waals surface area contributed by atoms with Crippen LogP contribution in [0.3, 0.4) is 0 Å². The van der Waals surface area contributed by atoms with Crippen molar-refractivity contribution in [2.24, 2.45) is 0 Å². The van der Waals surface area contributed by atoms with Crippen LogP contribution in [0.1, 0.15) is 30.4 Å². The van der Waals surface area contributed by atoms with Gasteiger partial charge in [0.15, 0.2) is 0 Å². The first-order chi connectivity index (χ1) is 8.63. The van der Waals surface area contributed by atoms with Crippen molar-refractivity contribution >= 4 is 11.6 Å². The van der Waals surface area contributed by atoms with Gasteiger partial charge >= 0.3 is 5.69 Å². The maximum atomic E-state index is 12.1. The van der Waals surface area contributed by atoms with E-state index in [1.165, 1.54) is 0 Å². The Balaban J connectivity index is 1.89. The minimum Gasteiger partial charge on any atom is -0.296 e. The second-order valence-electron chi connectivity index (χ2n) is 4.60. The summed E-state index contributed by atoms with van der Waals surface area (Å²) in [4.78, 5) is 20.5. The van der Waals surface area contributed by atoms with Crippen LogP contribution in [0.5, 0.6) is 0 Å². The van der Waals surface area contributed by atoms with Crippen LogP contribution in [-0.2, 0) is 6.54 Å². The van der Waals surface area contributed by atoms with Gasteiger partial charge in [-0.1, -0.05) is 11.6 Å². The van der Waals surface area contributed by atoms with Gasteiger partial charge in [-0.2, -0.15) is 0 Å². The van der Waals surface area contributed by atoms with E-state index in [4.69, 9.17) is 11.6 Å². The van der Waals surface area contributed by atoms with Crippen LogP contribution < -0.4 is 5.69 Å². The standard InChI is InChI=1S/C12H13ClN4O/c1-8-6-10(13)15-11(14-8)7-16-4-5-17(12(16)18)9-2-3-9/h4-6,9H,2-3,7H2,1H3. The molecule has 1 aliphatic carbocycles. The Morgan fingerprint density at radius 3 is 2.83 bits per heavy atom. The second kappa shape index (κ2) is 4.24. The maximum absolute atomic E-state index is 12.1. The van der Waals surface area contributed by atoms with Crippen molar-refractivity contribution in [2.75, 3.05) is 0 Å². The van der Waals surface area contributed by atoms with Gasteiger partial charge in [0.05, 0.1) is 6.54 Å². The number of hydrogen-bond acceptors (Lipinski definition) is 3. The molecule has 0 radical (unpaired) electrons. The van der Waals surface area contributed by atoms with Gasteiger partial charge in [0.25, 0.3) is 0 Å². The molecule has 0 atom stereocenters. The highest BCUT2D eigenvalue weighted by Gasteiger charge is 2.25. The van der Waals surface area contributed by atoms with E-state index in [2.05, 4.69) is 9.97 Å². The number of nitrogens with zero attached hydrogens (tertiary/aromatic N) is 4. The fourth-order valence-corrected chi connectivity index (χ4v) is 2.25. The Hall–Kier alpha value is -1.62. The first-order valence-electron chi connectivity index (χ1n) is 5.91. The zero-order valence-corrected chi connectivity index (χ0v) is 10.8. The molecule has 3 rings (SSSR count). The van der Waals surface area contributed by atoms with Crippen LogP contribution in [0.4, 0.5) is 0 Å². The number of imidazole rings is 1. The molecule has 0 unspecified atom stereocenters. The van der Waals surface area contributed by atoms with Gasteiger partial charge in [-0.25, -0.2) is 14.8 Å². The van der Waals surface area contributed by atoms with E-state index in [9.17, 15) is 4.79 Å². The van der Waals surface area contributed by atoms with Gasteiger partial charge in [0.2, 0.25) is 0 Å². The van der Waals surface area contributed by atoms with Gasteiger partial charge in [0, 0.05) is 24.1 Å². The first kappa shape index (κ1) is 11.5. The van der Waals surface area contributed by atoms with Crippen LogP contribution in [0.15, 0.2) is 23.3 Å². The van der Waals surface area contributed by atoms with E-state index in [-0.39, 0.29) is 5.69 Å². The number of aromatic nitrogens is 4. The summed E-state index contributed by atoms with van der Waals surface area (Å²) in [6.07, 6.45) is 5.80. The van der Waals surface area contributed by atoms with Gasteiger partial charge in [-0.05, 0) is 25.8 Å². The lowest BCUT2D eigenvalue weighted by Gasteiger charge is -2.02. The normalized spacial score (nSPS) is 15.0. The minimum atomic E-state index is -0.00118. The molecular formula is C12H13ClN4O. The van der Waals surface area contributed by atoms with Crippen molar-refractivity contribution in [2.45, 2.75) is 32.4 Å². The highest BCUT2D eigenvalue weighted by Crippen LogP contribution is 2.33. The lowest BCUT2D eigenvalue weighted by molar-refractivity contribution is 0.642. The largest absolute Gasteiger partial charge is 0.328 e. The summed E-state index contributed by atoms with van der Waals surface area (Å²) >= 11 is 5.88. The van der Waals surface area contributed by atoms with Crippen molar-refractivity contribution in [1.82, 2.24) is 19.1 Å². The molecule has 2 heterocycles. The Morgan fingerprint density at radius 1 is 1.39 bits per heavy atom. The molecule has 0 saturated heterocycles. The molecule has 6 heteroatoms. The topological polar surface area (TPSA) is 52.7 Å². The van der Waals surface area contributed by atoms with E-state index in [0.717, 1.165) is 18.5 Å². The van der Waals surface area contributed by atoms with Crippen LogP contribution in [-0.4, -0.2) is 19.1 Å². The molecule has 94 valence electrons.